The van der Waals surface area contributed by atoms with Crippen LogP contribution < -0.4 is 5.32 Å². The van der Waals surface area contributed by atoms with E-state index in [0.29, 0.717) is 12.2 Å². The highest BCUT2D eigenvalue weighted by Gasteiger charge is 2.30. The molecule has 4 nitrogen and oxygen atoms in total. The first-order chi connectivity index (χ1) is 17.4. The van der Waals surface area contributed by atoms with Crippen molar-refractivity contribution in [3.63, 3.8) is 0 Å². The summed E-state index contributed by atoms with van der Waals surface area (Å²) in [5.74, 6) is 0.342. The summed E-state index contributed by atoms with van der Waals surface area (Å²) >= 11 is 1.54. The lowest BCUT2D eigenvalue weighted by atomic mass is 10.0. The fraction of sp³-hybridized carbons (Fsp3) is 0.333. The lowest BCUT2D eigenvalue weighted by Crippen LogP contribution is -2.52. The summed E-state index contributed by atoms with van der Waals surface area (Å²) < 4.78 is 13.6. The van der Waals surface area contributed by atoms with Crippen molar-refractivity contribution in [3.8, 4) is 0 Å². The molecule has 0 radical (unpaired) electrons. The smallest absolute Gasteiger partial charge is 0.243 e. The van der Waals surface area contributed by atoms with Crippen LogP contribution in [0.5, 0.6) is 0 Å². The number of carbonyl (C=O) groups excluding carboxylic acids is 2. The van der Waals surface area contributed by atoms with Gasteiger partial charge in [-0.1, -0.05) is 73.7 Å². The second kappa shape index (κ2) is 13.8. The summed E-state index contributed by atoms with van der Waals surface area (Å²) in [5.41, 5.74) is 4.14. The average molecular weight is 507 g/mol. The van der Waals surface area contributed by atoms with Crippen LogP contribution in [0, 0.1) is 12.7 Å². The van der Waals surface area contributed by atoms with Gasteiger partial charge in [0, 0.05) is 24.8 Å². The van der Waals surface area contributed by atoms with Crippen molar-refractivity contribution < 1.29 is 14.0 Å². The van der Waals surface area contributed by atoms with E-state index in [1.54, 1.807) is 28.8 Å². The third-order valence-corrected chi connectivity index (χ3v) is 7.25. The van der Waals surface area contributed by atoms with Crippen molar-refractivity contribution in [1.29, 1.82) is 0 Å². The SMILES string of the molecule is CCC(C)NC(=O)C(Cc1ccccc1)N(Cc1ccc(F)cc1)C(=O)CSCc1ccccc1C. The number of thioether (sulfide) groups is 1. The number of nitrogens with zero attached hydrogens (tertiary/aromatic N) is 1. The Morgan fingerprint density at radius 2 is 1.61 bits per heavy atom. The maximum Gasteiger partial charge on any atom is 0.243 e. The number of amides is 2. The molecule has 2 atom stereocenters. The number of halogens is 1. The molecule has 0 aliphatic carbocycles. The maximum absolute atomic E-state index is 13.6. The van der Waals surface area contributed by atoms with E-state index in [0.717, 1.165) is 17.5 Å². The number of aryl methyl sites for hydroxylation is 1. The molecule has 3 aromatic rings. The molecule has 0 saturated heterocycles. The zero-order valence-electron chi connectivity index (χ0n) is 21.2. The van der Waals surface area contributed by atoms with Crippen molar-refractivity contribution in [3.05, 3.63) is 107 Å². The summed E-state index contributed by atoms with van der Waals surface area (Å²) in [6, 6.07) is 23.3. The van der Waals surface area contributed by atoms with E-state index in [1.165, 1.54) is 23.3 Å². The van der Waals surface area contributed by atoms with Crippen molar-refractivity contribution in [1.82, 2.24) is 10.2 Å². The summed E-state index contributed by atoms with van der Waals surface area (Å²) in [7, 11) is 0. The summed E-state index contributed by atoms with van der Waals surface area (Å²) in [6.45, 7) is 6.27. The van der Waals surface area contributed by atoms with E-state index >= 15 is 0 Å². The normalized spacial score (nSPS) is 12.6. The first-order valence-electron chi connectivity index (χ1n) is 12.4. The Balaban J connectivity index is 1.85. The maximum atomic E-state index is 13.6. The minimum Gasteiger partial charge on any atom is -0.352 e. The van der Waals surface area contributed by atoms with Crippen LogP contribution in [0.3, 0.4) is 0 Å². The van der Waals surface area contributed by atoms with Gasteiger partial charge in [-0.3, -0.25) is 9.59 Å². The topological polar surface area (TPSA) is 49.4 Å². The van der Waals surface area contributed by atoms with Crippen molar-refractivity contribution >= 4 is 23.6 Å². The molecule has 0 bridgehead atoms. The quantitative estimate of drug-likeness (QED) is 0.332. The van der Waals surface area contributed by atoms with Crippen LogP contribution in [-0.2, 0) is 28.3 Å². The fourth-order valence-electron chi connectivity index (χ4n) is 3.88. The second-order valence-corrected chi connectivity index (χ2v) is 10.1. The molecule has 190 valence electrons. The molecule has 0 aliphatic rings. The number of carbonyl (C=O) groups is 2. The van der Waals surface area contributed by atoms with Gasteiger partial charge in [0.25, 0.3) is 0 Å². The molecule has 0 heterocycles. The van der Waals surface area contributed by atoms with Gasteiger partial charge in [-0.05, 0) is 54.7 Å². The van der Waals surface area contributed by atoms with Crippen LogP contribution in [0.4, 0.5) is 4.39 Å². The lowest BCUT2D eigenvalue weighted by molar-refractivity contribution is -0.139. The molecule has 3 aromatic carbocycles. The Hall–Kier alpha value is -3.12. The van der Waals surface area contributed by atoms with Gasteiger partial charge in [-0.25, -0.2) is 4.39 Å². The molecular weight excluding hydrogens is 471 g/mol. The van der Waals surface area contributed by atoms with E-state index in [4.69, 9.17) is 0 Å². The Morgan fingerprint density at radius 3 is 2.28 bits per heavy atom. The van der Waals surface area contributed by atoms with Gasteiger partial charge in [-0.15, -0.1) is 11.8 Å². The van der Waals surface area contributed by atoms with Crippen LogP contribution in [-0.4, -0.2) is 34.6 Å². The van der Waals surface area contributed by atoms with E-state index in [1.807, 2.05) is 56.3 Å². The third-order valence-electron chi connectivity index (χ3n) is 6.28. The molecule has 0 saturated carbocycles. The van der Waals surface area contributed by atoms with Gasteiger partial charge in [0.05, 0.1) is 5.75 Å². The van der Waals surface area contributed by atoms with Crippen molar-refractivity contribution in [2.24, 2.45) is 0 Å². The molecule has 6 heteroatoms. The van der Waals surface area contributed by atoms with Crippen LogP contribution >= 0.6 is 11.8 Å². The molecule has 0 aromatic heterocycles. The summed E-state index contributed by atoms with van der Waals surface area (Å²) in [6.07, 6.45) is 1.19. The molecule has 0 aliphatic heterocycles. The first kappa shape index (κ1) is 27.5. The highest BCUT2D eigenvalue weighted by Crippen LogP contribution is 2.20. The Labute approximate surface area is 218 Å². The van der Waals surface area contributed by atoms with Crippen molar-refractivity contribution in [2.45, 2.75) is 58.0 Å². The molecule has 0 fully saturated rings. The van der Waals surface area contributed by atoms with Gasteiger partial charge >= 0.3 is 0 Å². The standard InChI is InChI=1S/C30H35FN2O2S/c1-4-23(3)32-30(35)28(18-24-11-6-5-7-12-24)33(19-25-14-16-27(31)17-15-25)29(34)21-36-20-26-13-9-8-10-22(26)2/h5-17,23,28H,4,18-21H2,1-3H3,(H,32,35). The Kier molecular flexibility index (Phi) is 10.6. The van der Waals surface area contributed by atoms with Gasteiger partial charge in [-0.2, -0.15) is 0 Å². The molecule has 2 amide bonds. The molecule has 0 spiro atoms. The zero-order valence-corrected chi connectivity index (χ0v) is 22.1. The van der Waals surface area contributed by atoms with Gasteiger partial charge in [0.1, 0.15) is 11.9 Å². The number of benzene rings is 3. The number of nitrogens with one attached hydrogen (secondary N) is 1. The molecular formula is C30H35FN2O2S. The summed E-state index contributed by atoms with van der Waals surface area (Å²) in [4.78, 5) is 28.8. The molecule has 36 heavy (non-hydrogen) atoms. The van der Waals surface area contributed by atoms with E-state index < -0.39 is 6.04 Å². The summed E-state index contributed by atoms with van der Waals surface area (Å²) in [5, 5.41) is 3.07. The lowest BCUT2D eigenvalue weighted by Gasteiger charge is -2.32. The predicted molar refractivity (Wildman–Crippen MR) is 146 cm³/mol. The minimum absolute atomic E-state index is 0.00558. The predicted octanol–water partition coefficient (Wildman–Crippen LogP) is 5.92. The zero-order chi connectivity index (χ0) is 25.9. The average Bonchev–Trinajstić information content (AvgIpc) is 2.88. The highest BCUT2D eigenvalue weighted by molar-refractivity contribution is 7.99. The third kappa shape index (κ3) is 8.23. The molecule has 2 unspecified atom stereocenters. The van der Waals surface area contributed by atoms with Crippen LogP contribution in [0.2, 0.25) is 0 Å². The van der Waals surface area contributed by atoms with Gasteiger partial charge in [0.2, 0.25) is 11.8 Å². The van der Waals surface area contributed by atoms with Crippen LogP contribution in [0.1, 0.15) is 42.5 Å². The first-order valence-corrected chi connectivity index (χ1v) is 13.5. The Morgan fingerprint density at radius 1 is 0.944 bits per heavy atom. The minimum atomic E-state index is -0.682. The van der Waals surface area contributed by atoms with E-state index in [-0.39, 0.29) is 36.0 Å². The van der Waals surface area contributed by atoms with Crippen molar-refractivity contribution in [2.75, 3.05) is 5.75 Å². The molecule has 1 N–H and O–H groups in total. The van der Waals surface area contributed by atoms with E-state index in [9.17, 15) is 14.0 Å². The number of rotatable bonds is 12. The molecule has 3 rings (SSSR count). The second-order valence-electron chi connectivity index (χ2n) is 9.09. The number of hydrogen-bond donors (Lipinski definition) is 1. The van der Waals surface area contributed by atoms with Gasteiger partial charge in [0.15, 0.2) is 0 Å². The fourth-order valence-corrected chi connectivity index (χ4v) is 4.87. The highest BCUT2D eigenvalue weighted by atomic mass is 32.2. The van der Waals surface area contributed by atoms with Crippen LogP contribution in [0.15, 0.2) is 78.9 Å². The largest absolute Gasteiger partial charge is 0.352 e. The number of hydrogen-bond acceptors (Lipinski definition) is 3. The monoisotopic (exact) mass is 506 g/mol. The van der Waals surface area contributed by atoms with Crippen LogP contribution in [0.25, 0.3) is 0 Å². The Bertz CT molecular complexity index is 1120. The van der Waals surface area contributed by atoms with E-state index in [2.05, 4.69) is 24.4 Å². The van der Waals surface area contributed by atoms with Gasteiger partial charge < -0.3 is 10.2 Å².